The highest BCUT2D eigenvalue weighted by molar-refractivity contribution is 5.95. The fourth-order valence-electron chi connectivity index (χ4n) is 5.61. The van der Waals surface area contributed by atoms with Crippen molar-refractivity contribution in [1.29, 1.82) is 0 Å². The highest BCUT2D eigenvalue weighted by Gasteiger charge is 2.28. The summed E-state index contributed by atoms with van der Waals surface area (Å²) in [5.41, 5.74) is 2.17. The average molecular weight is 573 g/mol. The van der Waals surface area contributed by atoms with Crippen LogP contribution >= 0.6 is 0 Å². The van der Waals surface area contributed by atoms with Crippen molar-refractivity contribution in [3.05, 3.63) is 60.2 Å². The number of esters is 1. The summed E-state index contributed by atoms with van der Waals surface area (Å²) in [6.07, 6.45) is 4.17. The zero-order valence-corrected chi connectivity index (χ0v) is 25.3. The standard InChI is InChI=1S/C34H44N4O4/c1-4-34(2,3)24-32(40)42-25-38-31(39)17-15-27-14-16-30(35-33(27)38)41-23-8-7-18-36-19-21-37(22-20-36)29-13-9-11-26-10-5-6-12-28(26)29/h5-6,9-14,16H,4,7-8,15,17-25H2,1-3H3. The Bertz CT molecular complexity index is 1380. The summed E-state index contributed by atoms with van der Waals surface area (Å²) in [5.74, 6) is 0.644. The lowest BCUT2D eigenvalue weighted by Gasteiger charge is -2.36. The summed E-state index contributed by atoms with van der Waals surface area (Å²) in [6.45, 7) is 11.8. The van der Waals surface area contributed by atoms with Crippen molar-refractivity contribution in [2.45, 2.75) is 59.3 Å². The van der Waals surface area contributed by atoms with E-state index in [0.717, 1.165) is 57.5 Å². The zero-order valence-electron chi connectivity index (χ0n) is 25.3. The molecule has 0 saturated carbocycles. The van der Waals surface area contributed by atoms with Crippen LogP contribution in [0.4, 0.5) is 11.5 Å². The van der Waals surface area contributed by atoms with Crippen molar-refractivity contribution in [1.82, 2.24) is 9.88 Å². The molecule has 0 spiro atoms. The number of anilines is 2. The van der Waals surface area contributed by atoms with Gasteiger partial charge < -0.3 is 14.4 Å². The number of piperazine rings is 1. The number of ether oxygens (including phenoxy) is 2. The summed E-state index contributed by atoms with van der Waals surface area (Å²) in [4.78, 5) is 36.2. The molecule has 0 N–H and O–H groups in total. The van der Waals surface area contributed by atoms with E-state index >= 15 is 0 Å². The molecule has 0 unspecified atom stereocenters. The van der Waals surface area contributed by atoms with Crippen LogP contribution in [0.3, 0.4) is 0 Å². The second kappa shape index (κ2) is 13.6. The highest BCUT2D eigenvalue weighted by atomic mass is 16.5. The number of carbonyl (C=O) groups is 2. The number of hydrogen-bond donors (Lipinski definition) is 0. The first-order chi connectivity index (χ1) is 20.3. The van der Waals surface area contributed by atoms with Gasteiger partial charge in [0.05, 0.1) is 13.0 Å². The Morgan fingerprint density at radius 1 is 0.952 bits per heavy atom. The average Bonchev–Trinajstić information content (AvgIpc) is 3.00. The van der Waals surface area contributed by atoms with E-state index in [1.54, 1.807) is 0 Å². The van der Waals surface area contributed by atoms with Gasteiger partial charge in [-0.15, -0.1) is 0 Å². The van der Waals surface area contributed by atoms with Crippen LogP contribution in [0.2, 0.25) is 0 Å². The van der Waals surface area contributed by atoms with Crippen LogP contribution in [0, 0.1) is 5.41 Å². The van der Waals surface area contributed by atoms with Crippen LogP contribution in [-0.4, -0.2) is 67.8 Å². The number of aryl methyl sites for hydroxylation is 1. The molecule has 1 aromatic heterocycles. The van der Waals surface area contributed by atoms with Gasteiger partial charge in [0, 0.05) is 49.7 Å². The van der Waals surface area contributed by atoms with Gasteiger partial charge in [-0.3, -0.25) is 19.4 Å². The number of pyridine rings is 1. The summed E-state index contributed by atoms with van der Waals surface area (Å²) in [7, 11) is 0. The van der Waals surface area contributed by atoms with Crippen LogP contribution in [0.5, 0.6) is 5.88 Å². The first-order valence-electron chi connectivity index (χ1n) is 15.4. The first-order valence-corrected chi connectivity index (χ1v) is 15.4. The Hall–Kier alpha value is -3.65. The van der Waals surface area contributed by atoms with Gasteiger partial charge in [-0.2, -0.15) is 4.98 Å². The third kappa shape index (κ3) is 7.40. The topological polar surface area (TPSA) is 75.2 Å². The van der Waals surface area contributed by atoms with Gasteiger partial charge in [0.15, 0.2) is 6.73 Å². The third-order valence-electron chi connectivity index (χ3n) is 8.63. The lowest BCUT2D eigenvalue weighted by Crippen LogP contribution is -2.46. The molecule has 3 heterocycles. The van der Waals surface area contributed by atoms with Gasteiger partial charge in [-0.05, 0) is 54.3 Å². The predicted molar refractivity (Wildman–Crippen MR) is 167 cm³/mol. The molecule has 8 heteroatoms. The van der Waals surface area contributed by atoms with Crippen LogP contribution in [0.25, 0.3) is 10.8 Å². The number of rotatable bonds is 12. The van der Waals surface area contributed by atoms with Crippen LogP contribution < -0.4 is 14.5 Å². The normalized spacial score (nSPS) is 16.0. The minimum atomic E-state index is -0.302. The Morgan fingerprint density at radius 2 is 1.74 bits per heavy atom. The quantitative estimate of drug-likeness (QED) is 0.200. The maximum atomic E-state index is 12.7. The van der Waals surface area contributed by atoms with Gasteiger partial charge in [0.1, 0.15) is 5.82 Å². The van der Waals surface area contributed by atoms with Crippen molar-refractivity contribution in [2.24, 2.45) is 5.41 Å². The SMILES string of the molecule is CCC(C)(C)CC(=O)OCN1C(=O)CCc2ccc(OCCCCN3CCN(c4cccc5ccccc45)CC3)nc21. The Labute approximate surface area is 249 Å². The molecule has 5 rings (SSSR count). The number of benzene rings is 2. The zero-order chi connectivity index (χ0) is 29.5. The maximum Gasteiger partial charge on any atom is 0.308 e. The van der Waals surface area contributed by atoms with Crippen LogP contribution in [0.1, 0.15) is 58.4 Å². The second-order valence-corrected chi connectivity index (χ2v) is 12.2. The molecule has 0 atom stereocenters. The van der Waals surface area contributed by atoms with E-state index in [-0.39, 0.29) is 24.0 Å². The molecular formula is C34H44N4O4. The lowest BCUT2D eigenvalue weighted by atomic mass is 9.87. The minimum absolute atomic E-state index is 0.0877. The number of carbonyl (C=O) groups excluding carboxylic acids is 2. The molecule has 0 aliphatic carbocycles. The molecule has 1 saturated heterocycles. The van der Waals surface area contributed by atoms with Gasteiger partial charge in [0.25, 0.3) is 0 Å². The fraction of sp³-hybridized carbons (Fsp3) is 0.500. The van der Waals surface area contributed by atoms with Crippen molar-refractivity contribution in [2.75, 3.05) is 55.9 Å². The van der Waals surface area contributed by atoms with E-state index < -0.39 is 0 Å². The fourth-order valence-corrected chi connectivity index (χ4v) is 5.61. The van der Waals surface area contributed by atoms with Crippen molar-refractivity contribution >= 4 is 34.2 Å². The van der Waals surface area contributed by atoms with Crippen molar-refractivity contribution in [3.63, 3.8) is 0 Å². The molecule has 3 aromatic rings. The van der Waals surface area contributed by atoms with E-state index in [9.17, 15) is 9.59 Å². The number of unbranched alkanes of at least 4 members (excludes halogenated alkanes) is 1. The molecule has 2 aromatic carbocycles. The molecular weight excluding hydrogens is 528 g/mol. The Balaban J connectivity index is 1.06. The number of aromatic nitrogens is 1. The van der Waals surface area contributed by atoms with E-state index in [1.807, 2.05) is 26.0 Å². The smallest absolute Gasteiger partial charge is 0.308 e. The Morgan fingerprint density at radius 3 is 2.55 bits per heavy atom. The van der Waals surface area contributed by atoms with Crippen molar-refractivity contribution in [3.8, 4) is 5.88 Å². The van der Waals surface area contributed by atoms with Gasteiger partial charge in [-0.25, -0.2) is 0 Å². The van der Waals surface area contributed by atoms with E-state index in [2.05, 4.69) is 64.2 Å². The maximum absolute atomic E-state index is 12.7. The molecule has 2 aliphatic rings. The lowest BCUT2D eigenvalue weighted by molar-refractivity contribution is -0.146. The summed E-state index contributed by atoms with van der Waals surface area (Å²) >= 11 is 0. The van der Waals surface area contributed by atoms with E-state index in [0.29, 0.717) is 37.6 Å². The van der Waals surface area contributed by atoms with Crippen LogP contribution in [0.15, 0.2) is 54.6 Å². The molecule has 224 valence electrons. The van der Waals surface area contributed by atoms with Crippen molar-refractivity contribution < 1.29 is 19.1 Å². The first kappa shape index (κ1) is 29.8. The second-order valence-electron chi connectivity index (χ2n) is 12.2. The molecule has 1 amide bonds. The van der Waals surface area contributed by atoms with E-state index in [4.69, 9.17) is 9.47 Å². The molecule has 1 fully saturated rings. The highest BCUT2D eigenvalue weighted by Crippen LogP contribution is 2.30. The largest absolute Gasteiger partial charge is 0.478 e. The summed E-state index contributed by atoms with van der Waals surface area (Å²) < 4.78 is 11.5. The monoisotopic (exact) mass is 572 g/mol. The van der Waals surface area contributed by atoms with Gasteiger partial charge >= 0.3 is 5.97 Å². The van der Waals surface area contributed by atoms with Gasteiger partial charge in [-0.1, -0.05) is 63.6 Å². The summed E-state index contributed by atoms with van der Waals surface area (Å²) in [5, 5.41) is 2.62. The minimum Gasteiger partial charge on any atom is -0.478 e. The Kier molecular flexibility index (Phi) is 9.62. The van der Waals surface area contributed by atoms with Gasteiger partial charge in [0.2, 0.25) is 11.8 Å². The molecule has 0 radical (unpaired) electrons. The molecule has 2 aliphatic heterocycles. The molecule has 42 heavy (non-hydrogen) atoms. The molecule has 8 nitrogen and oxygen atoms in total. The number of hydrogen-bond acceptors (Lipinski definition) is 7. The predicted octanol–water partition coefficient (Wildman–Crippen LogP) is 5.82. The van der Waals surface area contributed by atoms with E-state index in [1.165, 1.54) is 21.4 Å². The molecule has 0 bridgehead atoms. The van der Waals surface area contributed by atoms with Crippen LogP contribution in [-0.2, 0) is 20.7 Å². The number of amides is 1. The summed E-state index contributed by atoms with van der Waals surface area (Å²) in [6, 6.07) is 19.0. The number of nitrogens with zero attached hydrogens (tertiary/aromatic N) is 4. The number of fused-ring (bicyclic) bond motifs is 2. The third-order valence-corrected chi connectivity index (χ3v) is 8.63.